The van der Waals surface area contributed by atoms with E-state index in [4.69, 9.17) is 11.6 Å². The van der Waals surface area contributed by atoms with Crippen LogP contribution < -0.4 is 5.32 Å². The van der Waals surface area contributed by atoms with Gasteiger partial charge in [-0.25, -0.2) is 0 Å². The first kappa shape index (κ1) is 16.5. The maximum absolute atomic E-state index is 6.40. The Bertz CT molecular complexity index is 583. The monoisotopic (exact) mass is 369 g/mol. The highest BCUT2D eigenvalue weighted by atomic mass is 79.9. The van der Waals surface area contributed by atoms with Gasteiger partial charge in [-0.2, -0.15) is 5.10 Å². The largest absolute Gasteiger partial charge is 0.310 e. The molecular formula is C16H21BrClN3. The number of aromatic nitrogens is 2. The summed E-state index contributed by atoms with van der Waals surface area (Å²) in [5, 5.41) is 8.63. The average Bonchev–Trinajstić information content (AvgIpc) is 2.86. The second-order valence-corrected chi connectivity index (χ2v) is 6.56. The molecule has 0 fully saturated rings. The molecule has 0 spiro atoms. The third kappa shape index (κ3) is 4.83. The van der Waals surface area contributed by atoms with Crippen LogP contribution in [0.1, 0.15) is 36.9 Å². The van der Waals surface area contributed by atoms with Crippen molar-refractivity contribution in [2.75, 3.05) is 6.54 Å². The molecule has 114 valence electrons. The van der Waals surface area contributed by atoms with Gasteiger partial charge in [0.25, 0.3) is 0 Å². The number of nitrogens with one attached hydrogen (secondary N) is 1. The highest BCUT2D eigenvalue weighted by Gasteiger charge is 2.14. The van der Waals surface area contributed by atoms with Gasteiger partial charge in [0.1, 0.15) is 0 Å². The van der Waals surface area contributed by atoms with E-state index in [1.54, 1.807) is 0 Å². The van der Waals surface area contributed by atoms with Crippen LogP contribution in [-0.4, -0.2) is 16.3 Å². The second kappa shape index (κ2) is 7.97. The molecule has 1 aromatic carbocycles. The Balaban J connectivity index is 2.09. The summed E-state index contributed by atoms with van der Waals surface area (Å²) in [6, 6.07) is 6.38. The van der Waals surface area contributed by atoms with Crippen LogP contribution >= 0.6 is 27.5 Å². The molecule has 21 heavy (non-hydrogen) atoms. The van der Waals surface area contributed by atoms with Crippen LogP contribution in [-0.2, 0) is 13.5 Å². The van der Waals surface area contributed by atoms with Gasteiger partial charge in [-0.05, 0) is 49.1 Å². The molecule has 0 aliphatic carbocycles. The zero-order valence-electron chi connectivity index (χ0n) is 12.4. The lowest BCUT2D eigenvalue weighted by Crippen LogP contribution is -2.23. The Morgan fingerprint density at radius 1 is 1.43 bits per heavy atom. The summed E-state index contributed by atoms with van der Waals surface area (Å²) in [5.74, 6) is 0. The Morgan fingerprint density at radius 3 is 2.86 bits per heavy atom. The Hall–Kier alpha value is -0.840. The molecule has 2 rings (SSSR count). The molecule has 0 saturated heterocycles. The zero-order chi connectivity index (χ0) is 15.2. The molecular weight excluding hydrogens is 350 g/mol. The fraction of sp³-hybridized carbons (Fsp3) is 0.438. The predicted octanol–water partition coefficient (Wildman–Crippen LogP) is 4.51. The maximum Gasteiger partial charge on any atom is 0.0521 e. The lowest BCUT2D eigenvalue weighted by atomic mass is 10.00. The van der Waals surface area contributed by atoms with E-state index >= 15 is 0 Å². The van der Waals surface area contributed by atoms with E-state index in [9.17, 15) is 0 Å². The van der Waals surface area contributed by atoms with Gasteiger partial charge in [-0.15, -0.1) is 0 Å². The van der Waals surface area contributed by atoms with Gasteiger partial charge in [-0.1, -0.05) is 40.5 Å². The van der Waals surface area contributed by atoms with Crippen molar-refractivity contribution in [2.45, 2.75) is 32.2 Å². The lowest BCUT2D eigenvalue weighted by molar-refractivity contribution is 0.499. The third-order valence-electron chi connectivity index (χ3n) is 3.46. The minimum atomic E-state index is 0.269. The average molecular weight is 371 g/mol. The van der Waals surface area contributed by atoms with E-state index in [1.807, 2.05) is 30.1 Å². The quantitative estimate of drug-likeness (QED) is 0.777. The Labute approximate surface area is 139 Å². The van der Waals surface area contributed by atoms with E-state index in [0.29, 0.717) is 0 Å². The first-order chi connectivity index (χ1) is 10.1. The van der Waals surface area contributed by atoms with Crippen molar-refractivity contribution in [3.05, 3.63) is 51.2 Å². The Kier molecular flexibility index (Phi) is 6.27. The van der Waals surface area contributed by atoms with Gasteiger partial charge >= 0.3 is 0 Å². The molecule has 1 heterocycles. The third-order valence-corrected chi connectivity index (χ3v) is 4.28. The summed E-state index contributed by atoms with van der Waals surface area (Å²) in [7, 11) is 1.95. The summed E-state index contributed by atoms with van der Waals surface area (Å²) < 4.78 is 2.86. The molecule has 1 atom stereocenters. The fourth-order valence-corrected chi connectivity index (χ4v) is 3.19. The van der Waals surface area contributed by atoms with Crippen molar-refractivity contribution in [3.8, 4) is 0 Å². The van der Waals surface area contributed by atoms with Crippen LogP contribution in [0.4, 0.5) is 0 Å². The molecule has 0 radical (unpaired) electrons. The summed E-state index contributed by atoms with van der Waals surface area (Å²) in [4.78, 5) is 0. The molecule has 0 bridgehead atoms. The summed E-state index contributed by atoms with van der Waals surface area (Å²) in [5.41, 5.74) is 2.42. The van der Waals surface area contributed by atoms with E-state index < -0.39 is 0 Å². The number of hydrogen-bond donors (Lipinski definition) is 1. The molecule has 2 aromatic rings. The maximum atomic E-state index is 6.40. The smallest absolute Gasteiger partial charge is 0.0521 e. The van der Waals surface area contributed by atoms with Crippen LogP contribution in [0, 0.1) is 0 Å². The normalized spacial score (nSPS) is 12.6. The number of halogens is 2. The Morgan fingerprint density at radius 2 is 2.24 bits per heavy atom. The molecule has 1 unspecified atom stereocenters. The van der Waals surface area contributed by atoms with E-state index in [2.05, 4.69) is 45.5 Å². The van der Waals surface area contributed by atoms with Crippen LogP contribution in [0.3, 0.4) is 0 Å². The fourth-order valence-electron chi connectivity index (χ4n) is 2.38. The van der Waals surface area contributed by atoms with Gasteiger partial charge in [-0.3, -0.25) is 4.68 Å². The van der Waals surface area contributed by atoms with E-state index in [1.165, 1.54) is 5.56 Å². The van der Waals surface area contributed by atoms with Gasteiger partial charge in [0.15, 0.2) is 0 Å². The number of benzene rings is 1. The molecule has 0 aliphatic heterocycles. The second-order valence-electron chi connectivity index (χ2n) is 5.23. The number of nitrogens with zero attached hydrogens (tertiary/aromatic N) is 2. The topological polar surface area (TPSA) is 29.9 Å². The number of rotatable bonds is 7. The molecule has 5 heteroatoms. The summed E-state index contributed by atoms with van der Waals surface area (Å²) in [6.45, 7) is 3.17. The molecule has 3 nitrogen and oxygen atoms in total. The highest BCUT2D eigenvalue weighted by molar-refractivity contribution is 9.10. The lowest BCUT2D eigenvalue weighted by Gasteiger charge is -2.20. The minimum Gasteiger partial charge on any atom is -0.310 e. The first-order valence-electron chi connectivity index (χ1n) is 7.26. The van der Waals surface area contributed by atoms with Gasteiger partial charge in [0.2, 0.25) is 0 Å². The molecule has 1 aromatic heterocycles. The molecule has 1 N–H and O–H groups in total. The van der Waals surface area contributed by atoms with E-state index in [0.717, 1.165) is 40.9 Å². The van der Waals surface area contributed by atoms with Crippen LogP contribution in [0.2, 0.25) is 5.02 Å². The summed E-state index contributed by atoms with van der Waals surface area (Å²) in [6.07, 6.45) is 7.10. The van der Waals surface area contributed by atoms with Crippen molar-refractivity contribution in [3.63, 3.8) is 0 Å². The van der Waals surface area contributed by atoms with Gasteiger partial charge in [0, 0.05) is 28.8 Å². The van der Waals surface area contributed by atoms with Crippen LogP contribution in [0.15, 0.2) is 35.1 Å². The van der Waals surface area contributed by atoms with Crippen LogP contribution in [0.5, 0.6) is 0 Å². The number of hydrogen-bond acceptors (Lipinski definition) is 2. The van der Waals surface area contributed by atoms with Gasteiger partial charge < -0.3 is 5.32 Å². The SMILES string of the molecule is CCCNC(CCc1cnn(C)c1)c1ccc(Br)cc1Cl. The number of aryl methyl sites for hydroxylation is 2. The van der Waals surface area contributed by atoms with Crippen LogP contribution in [0.25, 0.3) is 0 Å². The predicted molar refractivity (Wildman–Crippen MR) is 91.7 cm³/mol. The molecule has 0 saturated carbocycles. The van der Waals surface area contributed by atoms with Gasteiger partial charge in [0.05, 0.1) is 6.20 Å². The van der Waals surface area contributed by atoms with Crippen molar-refractivity contribution in [1.29, 1.82) is 0 Å². The van der Waals surface area contributed by atoms with Crippen molar-refractivity contribution < 1.29 is 0 Å². The van der Waals surface area contributed by atoms with Crippen molar-refractivity contribution in [2.24, 2.45) is 7.05 Å². The summed E-state index contributed by atoms with van der Waals surface area (Å²) >= 11 is 9.86. The highest BCUT2D eigenvalue weighted by Crippen LogP contribution is 2.29. The van der Waals surface area contributed by atoms with E-state index in [-0.39, 0.29) is 6.04 Å². The minimum absolute atomic E-state index is 0.269. The van der Waals surface area contributed by atoms with Crippen molar-refractivity contribution in [1.82, 2.24) is 15.1 Å². The molecule has 0 amide bonds. The van der Waals surface area contributed by atoms with Crippen molar-refractivity contribution >= 4 is 27.5 Å². The zero-order valence-corrected chi connectivity index (χ0v) is 14.8. The standard InChI is InChI=1S/C16H21BrClN3/c1-3-8-19-16(7-4-12-10-20-21(2)11-12)14-6-5-13(17)9-15(14)18/h5-6,9-11,16,19H,3-4,7-8H2,1-2H3. The first-order valence-corrected chi connectivity index (χ1v) is 8.43. The molecule has 0 aliphatic rings.